The number of nitrogens with one attached hydrogen (secondary N) is 1. The molecule has 1 N–H and O–H groups in total. The van der Waals surface area contributed by atoms with Crippen molar-refractivity contribution < 1.29 is 4.79 Å². The summed E-state index contributed by atoms with van der Waals surface area (Å²) in [4.78, 5) is 19.2. The van der Waals surface area contributed by atoms with Crippen molar-refractivity contribution in [3.63, 3.8) is 0 Å². The number of carbonyl (C=O) groups is 1. The zero-order valence-electron chi connectivity index (χ0n) is 10.7. The molecule has 1 aromatic heterocycles. The number of carbonyl (C=O) groups excluding carboxylic acids is 1. The van der Waals surface area contributed by atoms with Gasteiger partial charge in [0.15, 0.2) is 0 Å². The molecule has 1 saturated heterocycles. The highest BCUT2D eigenvalue weighted by Gasteiger charge is 2.30. The van der Waals surface area contributed by atoms with E-state index in [0.29, 0.717) is 6.04 Å². The minimum atomic E-state index is 0. The van der Waals surface area contributed by atoms with E-state index in [1.807, 2.05) is 11.8 Å². The van der Waals surface area contributed by atoms with Crippen LogP contribution in [0, 0.1) is 6.92 Å². The Balaban J connectivity index is 0.00000144. The molecule has 0 aromatic carbocycles. The average molecular weight is 312 g/mol. The van der Waals surface area contributed by atoms with Crippen LogP contribution in [0.15, 0.2) is 5.51 Å². The van der Waals surface area contributed by atoms with E-state index < -0.39 is 0 Å². The summed E-state index contributed by atoms with van der Waals surface area (Å²) in [5.41, 5.74) is 2.58. The van der Waals surface area contributed by atoms with Crippen molar-refractivity contribution in [2.45, 2.75) is 32.9 Å². The molecule has 1 fully saturated rings. The Bertz CT molecular complexity index is 399. The summed E-state index contributed by atoms with van der Waals surface area (Å²) in [6.07, 6.45) is 0. The first-order chi connectivity index (χ1) is 7.61. The number of amides is 1. The number of hydrogen-bond acceptors (Lipinski definition) is 4. The van der Waals surface area contributed by atoms with Gasteiger partial charge in [0, 0.05) is 25.2 Å². The summed E-state index contributed by atoms with van der Waals surface area (Å²) < 4.78 is 0. The van der Waals surface area contributed by atoms with Crippen molar-refractivity contribution in [2.24, 2.45) is 0 Å². The van der Waals surface area contributed by atoms with Crippen molar-refractivity contribution in [3.8, 4) is 0 Å². The summed E-state index contributed by atoms with van der Waals surface area (Å²) in [6, 6.07) is 0.591. The van der Waals surface area contributed by atoms with Crippen LogP contribution in [0.1, 0.15) is 29.2 Å². The Labute approximate surface area is 124 Å². The molecular formula is C11H19Cl2N3OS. The SMILES string of the molecule is Cc1ncsc1C(=O)N1CCNC(C)C1C.Cl.Cl. The van der Waals surface area contributed by atoms with Gasteiger partial charge in [-0.25, -0.2) is 4.98 Å². The predicted octanol–water partition coefficient (Wildman–Crippen LogP) is 2.12. The van der Waals surface area contributed by atoms with Gasteiger partial charge in [0.2, 0.25) is 0 Å². The number of piperazine rings is 1. The van der Waals surface area contributed by atoms with Crippen LogP contribution in [-0.4, -0.2) is 41.0 Å². The number of halogens is 2. The number of thiazole rings is 1. The standard InChI is InChI=1S/C11H17N3OS.2ClH/c1-7-9(3)14(5-4-12-7)11(15)10-8(2)13-6-16-10;;/h6-7,9,12H,4-5H2,1-3H3;2*1H. The predicted molar refractivity (Wildman–Crippen MR) is 79.3 cm³/mol. The summed E-state index contributed by atoms with van der Waals surface area (Å²) in [7, 11) is 0. The number of aryl methyl sites for hydroxylation is 1. The fourth-order valence-corrected chi connectivity index (χ4v) is 2.74. The van der Waals surface area contributed by atoms with Crippen LogP contribution < -0.4 is 5.32 Å². The lowest BCUT2D eigenvalue weighted by molar-refractivity contribution is 0.0607. The van der Waals surface area contributed by atoms with Crippen LogP contribution >= 0.6 is 36.2 Å². The molecule has 4 nitrogen and oxygen atoms in total. The lowest BCUT2D eigenvalue weighted by Gasteiger charge is -2.38. The molecule has 0 bridgehead atoms. The van der Waals surface area contributed by atoms with Crippen molar-refractivity contribution in [1.82, 2.24) is 15.2 Å². The number of aromatic nitrogens is 1. The summed E-state index contributed by atoms with van der Waals surface area (Å²) in [5, 5.41) is 3.37. The van der Waals surface area contributed by atoms with Crippen LogP contribution in [0.5, 0.6) is 0 Å². The van der Waals surface area contributed by atoms with E-state index >= 15 is 0 Å². The molecule has 18 heavy (non-hydrogen) atoms. The Kier molecular flexibility index (Phi) is 7.14. The Morgan fingerprint density at radius 1 is 1.50 bits per heavy atom. The number of nitrogens with zero attached hydrogens (tertiary/aromatic N) is 2. The van der Waals surface area contributed by atoms with Gasteiger partial charge in [-0.2, -0.15) is 0 Å². The van der Waals surface area contributed by atoms with Gasteiger partial charge in [0.1, 0.15) is 4.88 Å². The quantitative estimate of drug-likeness (QED) is 0.864. The third-order valence-electron chi connectivity index (χ3n) is 3.23. The molecule has 0 aliphatic carbocycles. The molecule has 0 saturated carbocycles. The topological polar surface area (TPSA) is 45.2 Å². The van der Waals surface area contributed by atoms with Crippen molar-refractivity contribution in [1.29, 1.82) is 0 Å². The first-order valence-corrected chi connectivity index (χ1v) is 6.43. The molecule has 0 radical (unpaired) electrons. The largest absolute Gasteiger partial charge is 0.332 e. The Hall–Kier alpha value is -0.360. The second-order valence-corrected chi connectivity index (χ2v) is 5.10. The average Bonchev–Trinajstić information content (AvgIpc) is 2.68. The molecule has 0 spiro atoms. The molecule has 104 valence electrons. The van der Waals surface area contributed by atoms with Gasteiger partial charge in [0.25, 0.3) is 5.91 Å². The van der Waals surface area contributed by atoms with Gasteiger partial charge < -0.3 is 10.2 Å². The molecule has 2 atom stereocenters. The zero-order valence-corrected chi connectivity index (χ0v) is 13.1. The lowest BCUT2D eigenvalue weighted by atomic mass is 10.1. The highest BCUT2D eigenvalue weighted by atomic mass is 35.5. The third kappa shape index (κ3) is 3.35. The lowest BCUT2D eigenvalue weighted by Crippen LogP contribution is -2.57. The van der Waals surface area contributed by atoms with Crippen molar-refractivity contribution >= 4 is 42.1 Å². The summed E-state index contributed by atoms with van der Waals surface area (Å²) >= 11 is 1.43. The first-order valence-electron chi connectivity index (χ1n) is 5.55. The highest BCUT2D eigenvalue weighted by molar-refractivity contribution is 7.11. The number of rotatable bonds is 1. The van der Waals surface area contributed by atoms with E-state index in [4.69, 9.17) is 0 Å². The molecule has 2 unspecified atom stereocenters. The van der Waals surface area contributed by atoms with Crippen molar-refractivity contribution in [3.05, 3.63) is 16.1 Å². The van der Waals surface area contributed by atoms with Crippen LogP contribution in [-0.2, 0) is 0 Å². The minimum Gasteiger partial charge on any atom is -0.332 e. The van der Waals surface area contributed by atoms with E-state index in [-0.39, 0.29) is 36.8 Å². The maximum atomic E-state index is 12.3. The molecule has 1 amide bonds. The first kappa shape index (κ1) is 17.6. The second kappa shape index (κ2) is 7.28. The van der Waals surface area contributed by atoms with Gasteiger partial charge in [-0.15, -0.1) is 36.2 Å². The van der Waals surface area contributed by atoms with E-state index in [0.717, 1.165) is 23.7 Å². The van der Waals surface area contributed by atoms with Gasteiger partial charge in [0.05, 0.1) is 11.2 Å². The minimum absolute atomic E-state index is 0. The molecule has 2 heterocycles. The van der Waals surface area contributed by atoms with Gasteiger partial charge in [-0.1, -0.05) is 0 Å². The normalized spacial score (nSPS) is 22.9. The second-order valence-electron chi connectivity index (χ2n) is 4.25. The summed E-state index contributed by atoms with van der Waals surface area (Å²) in [5.74, 6) is 0.126. The number of hydrogen-bond donors (Lipinski definition) is 1. The Morgan fingerprint density at radius 3 is 2.72 bits per heavy atom. The smallest absolute Gasteiger partial charge is 0.266 e. The van der Waals surface area contributed by atoms with Crippen LogP contribution in [0.4, 0.5) is 0 Å². The molecule has 1 aromatic rings. The summed E-state index contributed by atoms with van der Waals surface area (Å²) in [6.45, 7) is 7.74. The Morgan fingerprint density at radius 2 is 2.17 bits per heavy atom. The molecule has 1 aliphatic heterocycles. The van der Waals surface area contributed by atoms with E-state index in [1.54, 1.807) is 5.51 Å². The highest BCUT2D eigenvalue weighted by Crippen LogP contribution is 2.19. The van der Waals surface area contributed by atoms with Gasteiger partial charge in [-0.3, -0.25) is 4.79 Å². The van der Waals surface area contributed by atoms with Crippen molar-refractivity contribution in [2.75, 3.05) is 13.1 Å². The maximum absolute atomic E-state index is 12.3. The van der Waals surface area contributed by atoms with E-state index in [9.17, 15) is 4.79 Å². The molecule has 1 aliphatic rings. The zero-order chi connectivity index (χ0) is 11.7. The maximum Gasteiger partial charge on any atom is 0.266 e. The fourth-order valence-electron chi connectivity index (χ4n) is 1.98. The molecular weight excluding hydrogens is 293 g/mol. The third-order valence-corrected chi connectivity index (χ3v) is 4.15. The van der Waals surface area contributed by atoms with Gasteiger partial charge in [-0.05, 0) is 20.8 Å². The van der Waals surface area contributed by atoms with Crippen LogP contribution in [0.3, 0.4) is 0 Å². The molecule has 7 heteroatoms. The van der Waals surface area contributed by atoms with E-state index in [1.165, 1.54) is 11.3 Å². The van der Waals surface area contributed by atoms with E-state index in [2.05, 4.69) is 24.1 Å². The molecule has 2 rings (SSSR count). The van der Waals surface area contributed by atoms with Gasteiger partial charge >= 0.3 is 0 Å². The fraction of sp³-hybridized carbons (Fsp3) is 0.636. The van der Waals surface area contributed by atoms with Crippen LogP contribution in [0.25, 0.3) is 0 Å². The van der Waals surface area contributed by atoms with Crippen LogP contribution in [0.2, 0.25) is 0 Å². The monoisotopic (exact) mass is 311 g/mol.